The Labute approximate surface area is 102 Å². The van der Waals surface area contributed by atoms with Gasteiger partial charge in [0.2, 0.25) is 0 Å². The SMILES string of the molecule is C=CC(C)(O)c1ccc(-c2ccccc2)cc1. The maximum atomic E-state index is 10.0. The second-order valence-electron chi connectivity index (χ2n) is 4.30. The molecular formula is C16H16O. The molecule has 0 saturated carbocycles. The van der Waals surface area contributed by atoms with Crippen LogP contribution in [-0.4, -0.2) is 5.11 Å². The summed E-state index contributed by atoms with van der Waals surface area (Å²) in [5.74, 6) is 0. The zero-order valence-electron chi connectivity index (χ0n) is 9.93. The van der Waals surface area contributed by atoms with Gasteiger partial charge in [-0.15, -0.1) is 0 Å². The second kappa shape index (κ2) is 4.56. The average molecular weight is 224 g/mol. The Morgan fingerprint density at radius 3 is 2.00 bits per heavy atom. The van der Waals surface area contributed by atoms with Crippen molar-refractivity contribution < 1.29 is 5.11 Å². The van der Waals surface area contributed by atoms with Crippen molar-refractivity contribution in [2.75, 3.05) is 0 Å². The predicted molar refractivity (Wildman–Crippen MR) is 71.6 cm³/mol. The summed E-state index contributed by atoms with van der Waals surface area (Å²) in [5, 5.41) is 10.0. The van der Waals surface area contributed by atoms with Crippen molar-refractivity contribution in [3.63, 3.8) is 0 Å². The highest BCUT2D eigenvalue weighted by molar-refractivity contribution is 5.63. The molecule has 0 heterocycles. The topological polar surface area (TPSA) is 20.2 Å². The van der Waals surface area contributed by atoms with Crippen molar-refractivity contribution in [2.24, 2.45) is 0 Å². The molecular weight excluding hydrogens is 208 g/mol. The van der Waals surface area contributed by atoms with Crippen LogP contribution in [0.15, 0.2) is 67.3 Å². The Bertz CT molecular complexity index is 495. The number of aliphatic hydroxyl groups is 1. The maximum Gasteiger partial charge on any atom is 0.105 e. The van der Waals surface area contributed by atoms with E-state index in [1.165, 1.54) is 5.56 Å². The van der Waals surface area contributed by atoms with Crippen LogP contribution in [0.25, 0.3) is 11.1 Å². The first-order valence-electron chi connectivity index (χ1n) is 5.65. The maximum absolute atomic E-state index is 10.0. The van der Waals surface area contributed by atoms with Crippen LogP contribution in [0.5, 0.6) is 0 Å². The van der Waals surface area contributed by atoms with Crippen LogP contribution in [0.2, 0.25) is 0 Å². The van der Waals surface area contributed by atoms with Crippen molar-refractivity contribution in [3.05, 3.63) is 72.8 Å². The van der Waals surface area contributed by atoms with E-state index in [0.29, 0.717) is 0 Å². The number of benzene rings is 2. The van der Waals surface area contributed by atoms with Crippen LogP contribution in [0.1, 0.15) is 12.5 Å². The Morgan fingerprint density at radius 2 is 1.47 bits per heavy atom. The summed E-state index contributed by atoms with van der Waals surface area (Å²) < 4.78 is 0. The highest BCUT2D eigenvalue weighted by Gasteiger charge is 2.17. The summed E-state index contributed by atoms with van der Waals surface area (Å²) in [6, 6.07) is 18.1. The predicted octanol–water partition coefficient (Wildman–Crippen LogP) is 3.75. The van der Waals surface area contributed by atoms with E-state index < -0.39 is 5.60 Å². The molecule has 0 aliphatic heterocycles. The van der Waals surface area contributed by atoms with Crippen molar-refractivity contribution >= 4 is 0 Å². The zero-order chi connectivity index (χ0) is 12.3. The quantitative estimate of drug-likeness (QED) is 0.787. The molecule has 86 valence electrons. The van der Waals surface area contributed by atoms with Crippen molar-refractivity contribution in [3.8, 4) is 11.1 Å². The summed E-state index contributed by atoms with van der Waals surface area (Å²) in [4.78, 5) is 0. The van der Waals surface area contributed by atoms with Crippen LogP contribution in [0.4, 0.5) is 0 Å². The highest BCUT2D eigenvalue weighted by atomic mass is 16.3. The molecule has 0 fully saturated rings. The summed E-state index contributed by atoms with van der Waals surface area (Å²) in [7, 11) is 0. The van der Waals surface area contributed by atoms with Crippen LogP contribution < -0.4 is 0 Å². The third kappa shape index (κ3) is 2.45. The number of rotatable bonds is 3. The standard InChI is InChI=1S/C16H16O/c1-3-16(2,17)15-11-9-14(10-12-15)13-7-5-4-6-8-13/h3-12,17H,1H2,2H3. The fraction of sp³-hybridized carbons (Fsp3) is 0.125. The van der Waals surface area contributed by atoms with Gasteiger partial charge in [-0.3, -0.25) is 0 Å². The normalized spacial score (nSPS) is 14.0. The third-order valence-corrected chi connectivity index (χ3v) is 2.97. The molecule has 17 heavy (non-hydrogen) atoms. The van der Waals surface area contributed by atoms with Crippen molar-refractivity contribution in [1.29, 1.82) is 0 Å². The molecule has 1 atom stereocenters. The van der Waals surface area contributed by atoms with Crippen LogP contribution in [-0.2, 0) is 5.60 Å². The molecule has 0 amide bonds. The molecule has 2 aromatic carbocycles. The fourth-order valence-electron chi connectivity index (χ4n) is 1.75. The Balaban J connectivity index is 2.34. The van der Waals surface area contributed by atoms with Gasteiger partial charge in [0, 0.05) is 0 Å². The van der Waals surface area contributed by atoms with Gasteiger partial charge >= 0.3 is 0 Å². The molecule has 2 aromatic rings. The van der Waals surface area contributed by atoms with E-state index in [1.54, 1.807) is 13.0 Å². The molecule has 0 saturated heterocycles. The summed E-state index contributed by atoms with van der Waals surface area (Å²) in [5.41, 5.74) is 2.22. The van der Waals surface area contributed by atoms with Gasteiger partial charge in [0.15, 0.2) is 0 Å². The molecule has 0 radical (unpaired) electrons. The van der Waals surface area contributed by atoms with E-state index in [0.717, 1.165) is 11.1 Å². The van der Waals surface area contributed by atoms with Gasteiger partial charge in [-0.05, 0) is 23.6 Å². The van der Waals surface area contributed by atoms with E-state index in [9.17, 15) is 5.11 Å². The molecule has 0 bridgehead atoms. The molecule has 0 aliphatic carbocycles. The summed E-state index contributed by atoms with van der Waals surface area (Å²) >= 11 is 0. The number of hydrogen-bond acceptors (Lipinski definition) is 1. The molecule has 0 aliphatic rings. The van der Waals surface area contributed by atoms with E-state index >= 15 is 0 Å². The number of hydrogen-bond donors (Lipinski definition) is 1. The van der Waals surface area contributed by atoms with Gasteiger partial charge in [-0.1, -0.05) is 67.3 Å². The molecule has 1 N–H and O–H groups in total. The van der Waals surface area contributed by atoms with Crippen molar-refractivity contribution in [2.45, 2.75) is 12.5 Å². The highest BCUT2D eigenvalue weighted by Crippen LogP contribution is 2.25. The van der Waals surface area contributed by atoms with E-state index in [1.807, 2.05) is 42.5 Å². The smallest absolute Gasteiger partial charge is 0.105 e. The van der Waals surface area contributed by atoms with Crippen LogP contribution in [0, 0.1) is 0 Å². The minimum absolute atomic E-state index is 0.854. The summed E-state index contributed by atoms with van der Waals surface area (Å²) in [6.07, 6.45) is 1.55. The Morgan fingerprint density at radius 1 is 0.941 bits per heavy atom. The zero-order valence-corrected chi connectivity index (χ0v) is 9.93. The Hall–Kier alpha value is -1.86. The minimum Gasteiger partial charge on any atom is -0.381 e. The lowest BCUT2D eigenvalue weighted by Gasteiger charge is -2.19. The van der Waals surface area contributed by atoms with Gasteiger partial charge in [0.05, 0.1) is 0 Å². The first-order chi connectivity index (χ1) is 8.13. The first-order valence-corrected chi connectivity index (χ1v) is 5.65. The monoisotopic (exact) mass is 224 g/mol. The van der Waals surface area contributed by atoms with Crippen LogP contribution in [0.3, 0.4) is 0 Å². The lowest BCUT2D eigenvalue weighted by atomic mass is 9.94. The van der Waals surface area contributed by atoms with Gasteiger partial charge in [0.1, 0.15) is 5.60 Å². The van der Waals surface area contributed by atoms with Crippen molar-refractivity contribution in [1.82, 2.24) is 0 Å². The van der Waals surface area contributed by atoms with Gasteiger partial charge in [-0.2, -0.15) is 0 Å². The second-order valence-corrected chi connectivity index (χ2v) is 4.30. The lowest BCUT2D eigenvalue weighted by molar-refractivity contribution is 0.111. The van der Waals surface area contributed by atoms with Gasteiger partial charge in [0.25, 0.3) is 0 Å². The third-order valence-electron chi connectivity index (χ3n) is 2.97. The molecule has 1 heteroatoms. The van der Waals surface area contributed by atoms with E-state index in [-0.39, 0.29) is 0 Å². The van der Waals surface area contributed by atoms with Crippen LogP contribution >= 0.6 is 0 Å². The molecule has 2 rings (SSSR count). The first kappa shape index (κ1) is 11.6. The molecule has 0 spiro atoms. The largest absolute Gasteiger partial charge is 0.381 e. The van der Waals surface area contributed by atoms with E-state index in [4.69, 9.17) is 0 Å². The summed E-state index contributed by atoms with van der Waals surface area (Å²) in [6.45, 7) is 5.37. The van der Waals surface area contributed by atoms with E-state index in [2.05, 4.69) is 18.7 Å². The minimum atomic E-state index is -0.963. The molecule has 0 aromatic heterocycles. The Kier molecular flexibility index (Phi) is 3.12. The fourth-order valence-corrected chi connectivity index (χ4v) is 1.75. The average Bonchev–Trinajstić information content (AvgIpc) is 2.40. The molecule has 1 unspecified atom stereocenters. The van der Waals surface area contributed by atoms with Gasteiger partial charge in [-0.25, -0.2) is 0 Å². The lowest BCUT2D eigenvalue weighted by Crippen LogP contribution is -2.16. The van der Waals surface area contributed by atoms with Gasteiger partial charge < -0.3 is 5.11 Å². The molecule has 1 nitrogen and oxygen atoms in total.